The van der Waals surface area contributed by atoms with Gasteiger partial charge < -0.3 is 15.2 Å². The van der Waals surface area contributed by atoms with Gasteiger partial charge in [0, 0.05) is 21.3 Å². The average Bonchev–Trinajstić information content (AvgIpc) is 2.59. The summed E-state index contributed by atoms with van der Waals surface area (Å²) in [4.78, 5) is 24.0. The molecule has 0 spiro atoms. The number of carbonyl (C=O) groups excluding carboxylic acids is 1. The Bertz CT molecular complexity index is 810. The second kappa shape index (κ2) is 7.33. The van der Waals surface area contributed by atoms with Crippen molar-refractivity contribution in [2.75, 3.05) is 5.32 Å². The first-order valence-electron chi connectivity index (χ1n) is 7.64. The van der Waals surface area contributed by atoms with Crippen molar-refractivity contribution in [2.45, 2.75) is 25.0 Å². The van der Waals surface area contributed by atoms with Gasteiger partial charge in [0.05, 0.1) is 5.92 Å². The van der Waals surface area contributed by atoms with E-state index in [0.717, 1.165) is 5.56 Å². The molecule has 2 N–H and O–H groups in total. The summed E-state index contributed by atoms with van der Waals surface area (Å²) >= 11 is 12.2. The van der Waals surface area contributed by atoms with Gasteiger partial charge in [-0.3, -0.25) is 4.79 Å². The third-order valence-corrected chi connectivity index (χ3v) is 4.58. The molecule has 5 nitrogen and oxygen atoms in total. The zero-order valence-electron chi connectivity index (χ0n) is 13.0. The maximum atomic E-state index is 12.6. The Hall–Kier alpha value is -2.24. The van der Waals surface area contributed by atoms with Crippen LogP contribution in [0.25, 0.3) is 0 Å². The van der Waals surface area contributed by atoms with E-state index in [2.05, 4.69) is 5.32 Å². The molecule has 1 aliphatic rings. The molecule has 0 saturated carbocycles. The van der Waals surface area contributed by atoms with Gasteiger partial charge >= 0.3 is 11.9 Å². The SMILES string of the molecule is O=C(O)[C@H]1C[C@@H](C(=O)OCc2ccccc2)c2c(Cl)cc(Cl)cc2N1. The van der Waals surface area contributed by atoms with Crippen LogP contribution in [0.15, 0.2) is 42.5 Å². The Morgan fingerprint density at radius 2 is 1.92 bits per heavy atom. The summed E-state index contributed by atoms with van der Waals surface area (Å²) in [6.07, 6.45) is 0.0529. The molecule has 1 aliphatic heterocycles. The minimum Gasteiger partial charge on any atom is -0.480 e. The lowest BCUT2D eigenvalue weighted by Crippen LogP contribution is -2.37. The fraction of sp³-hybridized carbons (Fsp3) is 0.222. The lowest BCUT2D eigenvalue weighted by Gasteiger charge is -2.30. The molecule has 25 heavy (non-hydrogen) atoms. The number of carboxylic acid groups (broad SMARTS) is 1. The third kappa shape index (κ3) is 3.89. The number of halogens is 2. The Kier molecular flexibility index (Phi) is 5.16. The summed E-state index contributed by atoms with van der Waals surface area (Å²) in [6.45, 7) is 0.113. The Labute approximate surface area is 154 Å². The highest BCUT2D eigenvalue weighted by molar-refractivity contribution is 6.36. The lowest BCUT2D eigenvalue weighted by molar-refractivity contribution is -0.147. The topological polar surface area (TPSA) is 75.6 Å². The summed E-state index contributed by atoms with van der Waals surface area (Å²) < 4.78 is 5.39. The van der Waals surface area contributed by atoms with Crippen LogP contribution in [0.1, 0.15) is 23.5 Å². The molecular formula is C18H15Cl2NO4. The molecule has 0 unspecified atom stereocenters. The first-order valence-corrected chi connectivity index (χ1v) is 8.40. The van der Waals surface area contributed by atoms with Crippen LogP contribution >= 0.6 is 23.2 Å². The Morgan fingerprint density at radius 1 is 1.20 bits per heavy atom. The largest absolute Gasteiger partial charge is 0.480 e. The number of ether oxygens (including phenoxy) is 1. The van der Waals surface area contributed by atoms with E-state index in [0.29, 0.717) is 21.3 Å². The molecule has 0 aromatic heterocycles. The van der Waals surface area contributed by atoms with Crippen LogP contribution in [-0.2, 0) is 20.9 Å². The smallest absolute Gasteiger partial charge is 0.326 e. The predicted octanol–water partition coefficient (Wildman–Crippen LogP) is 4.09. The van der Waals surface area contributed by atoms with Crippen LogP contribution in [0.3, 0.4) is 0 Å². The van der Waals surface area contributed by atoms with Crippen LogP contribution in [0.4, 0.5) is 5.69 Å². The molecule has 2 aromatic rings. The van der Waals surface area contributed by atoms with Crippen molar-refractivity contribution in [1.82, 2.24) is 0 Å². The minimum absolute atomic E-state index is 0.0529. The van der Waals surface area contributed by atoms with Gasteiger partial charge in [-0.05, 0) is 24.1 Å². The molecular weight excluding hydrogens is 365 g/mol. The number of carboxylic acids is 1. The molecule has 1 heterocycles. The first kappa shape index (κ1) is 17.6. The van der Waals surface area contributed by atoms with E-state index < -0.39 is 23.9 Å². The molecule has 130 valence electrons. The highest BCUT2D eigenvalue weighted by Crippen LogP contribution is 2.41. The normalized spacial score (nSPS) is 18.8. The number of rotatable bonds is 4. The van der Waals surface area contributed by atoms with E-state index >= 15 is 0 Å². The number of esters is 1. The maximum absolute atomic E-state index is 12.6. The van der Waals surface area contributed by atoms with E-state index in [4.69, 9.17) is 27.9 Å². The molecule has 0 radical (unpaired) electrons. The van der Waals surface area contributed by atoms with Crippen molar-refractivity contribution in [3.63, 3.8) is 0 Å². The number of hydrogen-bond donors (Lipinski definition) is 2. The molecule has 2 aromatic carbocycles. The van der Waals surface area contributed by atoms with Gasteiger partial charge in [-0.25, -0.2) is 4.79 Å². The van der Waals surface area contributed by atoms with Crippen molar-refractivity contribution in [2.24, 2.45) is 0 Å². The summed E-state index contributed by atoms with van der Waals surface area (Å²) in [6, 6.07) is 11.4. The highest BCUT2D eigenvalue weighted by Gasteiger charge is 2.37. The predicted molar refractivity (Wildman–Crippen MR) is 95.1 cm³/mol. The molecule has 0 aliphatic carbocycles. The lowest BCUT2D eigenvalue weighted by atomic mass is 9.87. The van der Waals surface area contributed by atoms with Crippen molar-refractivity contribution in [1.29, 1.82) is 0 Å². The molecule has 0 saturated heterocycles. The van der Waals surface area contributed by atoms with Gasteiger partial charge in [-0.15, -0.1) is 0 Å². The van der Waals surface area contributed by atoms with Crippen molar-refractivity contribution in [3.05, 3.63) is 63.6 Å². The van der Waals surface area contributed by atoms with E-state index in [1.807, 2.05) is 30.3 Å². The summed E-state index contributed by atoms with van der Waals surface area (Å²) in [5.41, 5.74) is 1.81. The van der Waals surface area contributed by atoms with Crippen LogP contribution in [-0.4, -0.2) is 23.1 Å². The molecule has 2 atom stereocenters. The molecule has 0 bridgehead atoms. The standard InChI is InChI=1S/C18H15Cl2NO4/c19-11-6-13(20)16-12(8-15(17(22)23)21-14(16)7-11)18(24)25-9-10-4-2-1-3-5-10/h1-7,12,15,21H,8-9H2,(H,22,23)/t12-,15-/m1/s1. The summed E-state index contributed by atoms with van der Waals surface area (Å²) in [7, 11) is 0. The number of anilines is 1. The number of hydrogen-bond acceptors (Lipinski definition) is 4. The monoisotopic (exact) mass is 379 g/mol. The van der Waals surface area contributed by atoms with Gasteiger partial charge in [0.1, 0.15) is 12.6 Å². The number of nitrogens with one attached hydrogen (secondary N) is 1. The third-order valence-electron chi connectivity index (χ3n) is 4.05. The van der Waals surface area contributed by atoms with E-state index in [1.165, 1.54) is 6.07 Å². The molecule has 0 fully saturated rings. The van der Waals surface area contributed by atoms with Crippen LogP contribution < -0.4 is 5.32 Å². The Morgan fingerprint density at radius 3 is 2.60 bits per heavy atom. The Balaban J connectivity index is 1.86. The van der Waals surface area contributed by atoms with Gasteiger partial charge in [-0.1, -0.05) is 53.5 Å². The van der Waals surface area contributed by atoms with Gasteiger partial charge in [0.25, 0.3) is 0 Å². The summed E-state index contributed by atoms with van der Waals surface area (Å²) in [5.74, 6) is -2.34. The van der Waals surface area contributed by atoms with Gasteiger partial charge in [0.15, 0.2) is 0 Å². The van der Waals surface area contributed by atoms with Crippen LogP contribution in [0.2, 0.25) is 10.0 Å². The second-order valence-electron chi connectivity index (χ2n) is 5.77. The average molecular weight is 380 g/mol. The van der Waals surface area contributed by atoms with E-state index in [1.54, 1.807) is 6.07 Å². The quantitative estimate of drug-likeness (QED) is 0.782. The molecule has 3 rings (SSSR count). The van der Waals surface area contributed by atoms with Gasteiger partial charge in [0.2, 0.25) is 0 Å². The fourth-order valence-electron chi connectivity index (χ4n) is 2.86. The van der Waals surface area contributed by atoms with Crippen LogP contribution in [0, 0.1) is 0 Å². The van der Waals surface area contributed by atoms with Crippen molar-refractivity contribution < 1.29 is 19.4 Å². The van der Waals surface area contributed by atoms with Crippen LogP contribution in [0.5, 0.6) is 0 Å². The number of carbonyl (C=O) groups is 2. The second-order valence-corrected chi connectivity index (χ2v) is 6.61. The first-order chi connectivity index (χ1) is 12.0. The highest BCUT2D eigenvalue weighted by atomic mass is 35.5. The van der Waals surface area contributed by atoms with Gasteiger partial charge in [-0.2, -0.15) is 0 Å². The number of benzene rings is 2. The number of aliphatic carboxylic acids is 1. The fourth-order valence-corrected chi connectivity index (χ4v) is 3.49. The van der Waals surface area contributed by atoms with Crippen molar-refractivity contribution in [3.8, 4) is 0 Å². The molecule has 7 heteroatoms. The maximum Gasteiger partial charge on any atom is 0.326 e. The molecule has 0 amide bonds. The zero-order chi connectivity index (χ0) is 18.0. The minimum atomic E-state index is -1.05. The van der Waals surface area contributed by atoms with E-state index in [9.17, 15) is 14.7 Å². The number of fused-ring (bicyclic) bond motifs is 1. The van der Waals surface area contributed by atoms with Crippen molar-refractivity contribution >= 4 is 40.8 Å². The zero-order valence-corrected chi connectivity index (χ0v) is 14.6. The summed E-state index contributed by atoms with van der Waals surface area (Å²) in [5, 5.41) is 12.9. The van der Waals surface area contributed by atoms with E-state index in [-0.39, 0.29) is 13.0 Å².